The van der Waals surface area contributed by atoms with Crippen molar-refractivity contribution >= 4 is 29.2 Å². The van der Waals surface area contributed by atoms with Crippen LogP contribution in [0.4, 0.5) is 5.69 Å². The van der Waals surface area contributed by atoms with E-state index in [2.05, 4.69) is 17.6 Å². The van der Waals surface area contributed by atoms with Gasteiger partial charge in [0.2, 0.25) is 0 Å². The molecular weight excluding hydrogens is 168 g/mol. The summed E-state index contributed by atoms with van der Waals surface area (Å²) >= 11 is 4.30. The van der Waals surface area contributed by atoms with Crippen LogP contribution in [0.1, 0.15) is 0 Å². The van der Waals surface area contributed by atoms with Crippen molar-refractivity contribution < 1.29 is 0 Å². The molecule has 2 rings (SSSR count). The lowest BCUT2D eigenvalue weighted by atomic mass is 10.2. The Kier molecular flexibility index (Phi) is 1.66. The number of thiol groups is 1. The van der Waals surface area contributed by atoms with Crippen LogP contribution in [0.5, 0.6) is 0 Å². The van der Waals surface area contributed by atoms with Gasteiger partial charge in [-0.25, -0.2) is 0 Å². The second-order valence-corrected chi connectivity index (χ2v) is 3.09. The maximum Gasteiger partial charge on any atom is 0.0714 e. The van der Waals surface area contributed by atoms with Gasteiger partial charge < -0.3 is 5.73 Å². The Hall–Kier alpha value is -1.22. The van der Waals surface area contributed by atoms with Crippen LogP contribution in [-0.4, -0.2) is 4.98 Å². The Morgan fingerprint density at radius 1 is 1.25 bits per heavy atom. The van der Waals surface area contributed by atoms with Crippen LogP contribution in [0.2, 0.25) is 0 Å². The van der Waals surface area contributed by atoms with Crippen LogP contribution in [0.15, 0.2) is 35.4 Å². The van der Waals surface area contributed by atoms with Gasteiger partial charge in [0, 0.05) is 22.2 Å². The summed E-state index contributed by atoms with van der Waals surface area (Å²) in [5, 5.41) is 1.00. The number of fused-ring (bicyclic) bond motifs is 1. The zero-order chi connectivity index (χ0) is 8.55. The summed E-state index contributed by atoms with van der Waals surface area (Å²) in [5.74, 6) is 0. The predicted octanol–water partition coefficient (Wildman–Crippen LogP) is 2.11. The van der Waals surface area contributed by atoms with E-state index in [4.69, 9.17) is 5.73 Å². The van der Waals surface area contributed by atoms with Crippen LogP contribution in [0.25, 0.3) is 10.9 Å². The Morgan fingerprint density at radius 3 is 2.92 bits per heavy atom. The highest BCUT2D eigenvalue weighted by Crippen LogP contribution is 2.21. The first-order valence-corrected chi connectivity index (χ1v) is 4.05. The zero-order valence-electron chi connectivity index (χ0n) is 6.36. The quantitative estimate of drug-likeness (QED) is 0.476. The molecule has 60 valence electrons. The highest BCUT2D eigenvalue weighted by molar-refractivity contribution is 7.80. The number of benzene rings is 1. The minimum Gasteiger partial charge on any atom is -0.399 e. The summed E-state index contributed by atoms with van der Waals surface area (Å²) in [6.07, 6.45) is 1.74. The van der Waals surface area contributed by atoms with E-state index in [1.54, 1.807) is 6.20 Å². The van der Waals surface area contributed by atoms with Crippen molar-refractivity contribution in [2.45, 2.75) is 4.90 Å². The minimum absolute atomic E-state index is 0.741. The van der Waals surface area contributed by atoms with Gasteiger partial charge in [-0.2, -0.15) is 0 Å². The second-order valence-electron chi connectivity index (χ2n) is 2.61. The molecule has 2 aromatic rings. The third-order valence-corrected chi connectivity index (χ3v) is 2.13. The van der Waals surface area contributed by atoms with Crippen LogP contribution < -0.4 is 5.73 Å². The molecular formula is C9H8N2S. The molecule has 1 heterocycles. The lowest BCUT2D eigenvalue weighted by Crippen LogP contribution is -1.85. The lowest BCUT2D eigenvalue weighted by Gasteiger charge is -2.00. The fourth-order valence-corrected chi connectivity index (χ4v) is 1.40. The van der Waals surface area contributed by atoms with Crippen LogP contribution in [0.3, 0.4) is 0 Å². The number of rotatable bonds is 0. The predicted molar refractivity (Wildman–Crippen MR) is 53.4 cm³/mol. The molecule has 0 aliphatic rings. The first-order valence-electron chi connectivity index (χ1n) is 3.60. The molecule has 1 aromatic heterocycles. The average molecular weight is 176 g/mol. The molecule has 0 aliphatic carbocycles. The largest absolute Gasteiger partial charge is 0.399 e. The van der Waals surface area contributed by atoms with E-state index < -0.39 is 0 Å². The molecule has 0 aliphatic heterocycles. The number of nitrogens with zero attached hydrogens (tertiary/aromatic N) is 1. The van der Waals surface area contributed by atoms with Crippen molar-refractivity contribution in [3.63, 3.8) is 0 Å². The van der Waals surface area contributed by atoms with E-state index in [0.29, 0.717) is 0 Å². The van der Waals surface area contributed by atoms with Crippen LogP contribution >= 0.6 is 12.6 Å². The molecule has 0 radical (unpaired) electrons. The average Bonchev–Trinajstić information content (AvgIpc) is 2.07. The molecule has 0 atom stereocenters. The summed E-state index contributed by atoms with van der Waals surface area (Å²) < 4.78 is 0. The van der Waals surface area contributed by atoms with Crippen molar-refractivity contribution in [3.8, 4) is 0 Å². The number of hydrogen-bond acceptors (Lipinski definition) is 3. The number of anilines is 1. The Labute approximate surface area is 75.8 Å². The van der Waals surface area contributed by atoms with Gasteiger partial charge in [-0.1, -0.05) is 0 Å². The molecule has 0 saturated carbocycles. The molecule has 3 heteroatoms. The van der Waals surface area contributed by atoms with Crippen molar-refractivity contribution in [2.24, 2.45) is 0 Å². The molecule has 1 aromatic carbocycles. The number of nitrogens with two attached hydrogens (primary N) is 1. The maximum atomic E-state index is 5.63. The minimum atomic E-state index is 0.741. The first kappa shape index (κ1) is 7.43. The van der Waals surface area contributed by atoms with Gasteiger partial charge in [-0.3, -0.25) is 4.98 Å². The van der Waals surface area contributed by atoms with Gasteiger partial charge in [0.25, 0.3) is 0 Å². The summed E-state index contributed by atoms with van der Waals surface area (Å²) in [7, 11) is 0. The molecule has 0 fully saturated rings. The fourth-order valence-electron chi connectivity index (χ4n) is 1.15. The van der Waals surface area contributed by atoms with E-state index in [0.717, 1.165) is 21.5 Å². The normalized spacial score (nSPS) is 10.4. The van der Waals surface area contributed by atoms with Gasteiger partial charge in [0.15, 0.2) is 0 Å². The molecule has 0 bridgehead atoms. The molecule has 0 amide bonds. The summed E-state index contributed by atoms with van der Waals surface area (Å²) in [4.78, 5) is 5.09. The van der Waals surface area contributed by atoms with Crippen LogP contribution in [-0.2, 0) is 0 Å². The Morgan fingerprint density at radius 2 is 2.08 bits per heavy atom. The third-order valence-electron chi connectivity index (χ3n) is 1.74. The van der Waals surface area contributed by atoms with Gasteiger partial charge in [-0.15, -0.1) is 12.6 Å². The van der Waals surface area contributed by atoms with Gasteiger partial charge in [0.1, 0.15) is 0 Å². The smallest absolute Gasteiger partial charge is 0.0714 e. The van der Waals surface area contributed by atoms with Gasteiger partial charge in [0.05, 0.1) is 5.52 Å². The Bertz CT molecular complexity index is 426. The van der Waals surface area contributed by atoms with Gasteiger partial charge in [-0.05, 0) is 24.3 Å². The molecule has 2 nitrogen and oxygen atoms in total. The molecule has 2 N–H and O–H groups in total. The fraction of sp³-hybridized carbons (Fsp3) is 0. The number of nitrogen functional groups attached to an aromatic ring is 1. The number of pyridine rings is 1. The summed E-state index contributed by atoms with van der Waals surface area (Å²) in [6, 6.07) is 7.46. The van der Waals surface area contributed by atoms with Crippen LogP contribution in [0, 0.1) is 0 Å². The monoisotopic (exact) mass is 176 g/mol. The first-order chi connectivity index (χ1) is 5.77. The molecule has 12 heavy (non-hydrogen) atoms. The van der Waals surface area contributed by atoms with Crippen molar-refractivity contribution in [2.75, 3.05) is 5.73 Å². The van der Waals surface area contributed by atoms with Gasteiger partial charge >= 0.3 is 0 Å². The van der Waals surface area contributed by atoms with Crippen molar-refractivity contribution in [1.29, 1.82) is 0 Å². The van der Waals surface area contributed by atoms with E-state index in [9.17, 15) is 0 Å². The molecule has 0 saturated heterocycles. The molecule has 0 unspecified atom stereocenters. The number of hydrogen-bond donors (Lipinski definition) is 2. The highest BCUT2D eigenvalue weighted by Gasteiger charge is 1.97. The maximum absolute atomic E-state index is 5.63. The lowest BCUT2D eigenvalue weighted by molar-refractivity contribution is 1.36. The SMILES string of the molecule is Nc1ccc2nccc(S)c2c1. The van der Waals surface area contributed by atoms with Crippen molar-refractivity contribution in [3.05, 3.63) is 30.5 Å². The van der Waals surface area contributed by atoms with E-state index in [1.165, 1.54) is 0 Å². The second kappa shape index (κ2) is 2.68. The van der Waals surface area contributed by atoms with E-state index in [-0.39, 0.29) is 0 Å². The Balaban J connectivity index is 2.88. The van der Waals surface area contributed by atoms with E-state index >= 15 is 0 Å². The number of aromatic nitrogens is 1. The molecule has 0 spiro atoms. The van der Waals surface area contributed by atoms with E-state index in [1.807, 2.05) is 24.3 Å². The summed E-state index contributed by atoms with van der Waals surface area (Å²) in [5.41, 5.74) is 7.30. The standard InChI is InChI=1S/C9H8N2S/c10-6-1-2-8-7(5-6)9(12)3-4-11-8/h1-5H,10H2,(H,11,12). The van der Waals surface area contributed by atoms with Crippen molar-refractivity contribution in [1.82, 2.24) is 4.98 Å². The summed E-state index contributed by atoms with van der Waals surface area (Å²) in [6.45, 7) is 0. The highest BCUT2D eigenvalue weighted by atomic mass is 32.1. The third kappa shape index (κ3) is 1.12. The zero-order valence-corrected chi connectivity index (χ0v) is 7.25. The topological polar surface area (TPSA) is 38.9 Å².